The summed E-state index contributed by atoms with van der Waals surface area (Å²) < 4.78 is 1.28. The number of fused-ring (bicyclic) bond motifs is 1. The maximum Gasteiger partial charge on any atom is 0.0982 e. The zero-order valence-electron chi connectivity index (χ0n) is 11.8. The number of aromatic nitrogens is 1. The third kappa shape index (κ3) is 2.66. The summed E-state index contributed by atoms with van der Waals surface area (Å²) in [7, 11) is 0. The minimum Gasteiger partial charge on any atom is -0.241 e. The van der Waals surface area contributed by atoms with E-state index in [1.165, 1.54) is 26.4 Å². The average Bonchev–Trinajstić information content (AvgIpc) is 2.80. The zero-order chi connectivity index (χ0) is 14.1. The number of thiazole rings is 1. The summed E-state index contributed by atoms with van der Waals surface area (Å²) in [6, 6.07) is 15.0. The molecule has 0 bridgehead atoms. The predicted molar refractivity (Wildman–Crippen MR) is 88.3 cm³/mol. The topological polar surface area (TPSA) is 12.9 Å². The molecule has 0 spiro atoms. The second-order valence-corrected chi connectivity index (χ2v) is 6.35. The molecular formula is C18H17NS. The number of allylic oxidation sites excluding steroid dienone is 1. The molecule has 1 heterocycles. The van der Waals surface area contributed by atoms with E-state index in [0.29, 0.717) is 0 Å². The first-order valence-electron chi connectivity index (χ1n) is 6.73. The molecule has 0 saturated heterocycles. The van der Waals surface area contributed by atoms with Gasteiger partial charge in [0.25, 0.3) is 0 Å². The molecule has 3 rings (SSSR count). The zero-order valence-corrected chi connectivity index (χ0v) is 12.6. The van der Waals surface area contributed by atoms with Crippen molar-refractivity contribution in [2.45, 2.75) is 20.3 Å². The summed E-state index contributed by atoms with van der Waals surface area (Å²) in [4.78, 5) is 4.71. The van der Waals surface area contributed by atoms with E-state index in [4.69, 9.17) is 4.98 Å². The monoisotopic (exact) mass is 279 g/mol. The lowest BCUT2D eigenvalue weighted by Crippen LogP contribution is -1.87. The molecule has 0 saturated carbocycles. The molecule has 0 fully saturated rings. The smallest absolute Gasteiger partial charge is 0.0982 e. The fraction of sp³-hybridized carbons (Fsp3) is 0.167. The van der Waals surface area contributed by atoms with Gasteiger partial charge >= 0.3 is 0 Å². The van der Waals surface area contributed by atoms with Crippen LogP contribution in [0.15, 0.2) is 49.0 Å². The minimum atomic E-state index is 0.898. The Morgan fingerprint density at radius 2 is 1.90 bits per heavy atom. The minimum absolute atomic E-state index is 0.898. The molecule has 0 amide bonds. The van der Waals surface area contributed by atoms with Crippen LogP contribution in [0.4, 0.5) is 0 Å². The van der Waals surface area contributed by atoms with Crippen LogP contribution in [0, 0.1) is 6.92 Å². The van der Waals surface area contributed by atoms with E-state index in [1.807, 2.05) is 6.92 Å². The van der Waals surface area contributed by atoms with Crippen molar-refractivity contribution in [1.82, 2.24) is 4.98 Å². The van der Waals surface area contributed by atoms with Crippen molar-refractivity contribution < 1.29 is 0 Å². The fourth-order valence-corrected chi connectivity index (χ4v) is 3.34. The van der Waals surface area contributed by atoms with Gasteiger partial charge in [0.15, 0.2) is 0 Å². The summed E-state index contributed by atoms with van der Waals surface area (Å²) in [5.41, 5.74) is 6.00. The first-order valence-corrected chi connectivity index (χ1v) is 7.54. The Bertz CT molecular complexity index is 766. The van der Waals surface area contributed by atoms with Crippen LogP contribution in [0.1, 0.15) is 28.6 Å². The van der Waals surface area contributed by atoms with Gasteiger partial charge in [-0.25, -0.2) is 4.98 Å². The van der Waals surface area contributed by atoms with Crippen LogP contribution in [0.2, 0.25) is 0 Å². The summed E-state index contributed by atoms with van der Waals surface area (Å²) in [6.45, 7) is 8.12. The molecule has 3 aromatic rings. The molecule has 0 aliphatic carbocycles. The molecule has 0 N–H and O–H groups in total. The molecule has 2 aromatic carbocycles. The highest BCUT2D eigenvalue weighted by atomic mass is 32.1. The van der Waals surface area contributed by atoms with Crippen molar-refractivity contribution in [1.29, 1.82) is 0 Å². The van der Waals surface area contributed by atoms with E-state index < -0.39 is 0 Å². The van der Waals surface area contributed by atoms with Gasteiger partial charge in [-0.05, 0) is 42.7 Å². The number of hydrogen-bond acceptors (Lipinski definition) is 2. The van der Waals surface area contributed by atoms with Crippen molar-refractivity contribution >= 4 is 27.1 Å². The average molecular weight is 279 g/mol. The van der Waals surface area contributed by atoms with Crippen molar-refractivity contribution in [2.24, 2.45) is 0 Å². The number of aryl methyl sites for hydroxylation is 1. The predicted octanol–water partition coefficient (Wildman–Crippen LogP) is 5.23. The van der Waals surface area contributed by atoms with Gasteiger partial charge in [0.2, 0.25) is 0 Å². The molecule has 100 valence electrons. The maximum absolute atomic E-state index is 4.71. The SMILES string of the molecule is C=C(C)c1ccc(Cc2nc3ccc(C)cc3s2)cc1. The van der Waals surface area contributed by atoms with Crippen LogP contribution >= 0.6 is 11.3 Å². The third-order valence-electron chi connectivity index (χ3n) is 3.39. The Kier molecular flexibility index (Phi) is 3.41. The second kappa shape index (κ2) is 5.22. The summed E-state index contributed by atoms with van der Waals surface area (Å²) in [5, 5.41) is 1.17. The highest BCUT2D eigenvalue weighted by Gasteiger charge is 2.05. The van der Waals surface area contributed by atoms with Gasteiger partial charge in [-0.3, -0.25) is 0 Å². The Morgan fingerprint density at radius 1 is 1.15 bits per heavy atom. The van der Waals surface area contributed by atoms with Gasteiger partial charge in [0, 0.05) is 6.42 Å². The Labute approximate surface area is 123 Å². The van der Waals surface area contributed by atoms with Crippen molar-refractivity contribution in [2.75, 3.05) is 0 Å². The van der Waals surface area contributed by atoms with E-state index in [-0.39, 0.29) is 0 Å². The Morgan fingerprint density at radius 3 is 2.60 bits per heavy atom. The van der Waals surface area contributed by atoms with E-state index >= 15 is 0 Å². The van der Waals surface area contributed by atoms with Crippen molar-refractivity contribution in [3.05, 3.63) is 70.7 Å². The van der Waals surface area contributed by atoms with Crippen LogP contribution < -0.4 is 0 Å². The third-order valence-corrected chi connectivity index (χ3v) is 4.41. The first-order chi connectivity index (χ1) is 9.61. The van der Waals surface area contributed by atoms with Crippen molar-refractivity contribution in [3.63, 3.8) is 0 Å². The van der Waals surface area contributed by atoms with Gasteiger partial charge in [-0.15, -0.1) is 11.3 Å². The van der Waals surface area contributed by atoms with E-state index in [0.717, 1.165) is 17.5 Å². The Hall–Kier alpha value is -1.93. The van der Waals surface area contributed by atoms with Crippen LogP contribution in [0.3, 0.4) is 0 Å². The normalized spacial score (nSPS) is 10.9. The molecule has 0 aliphatic heterocycles. The number of benzene rings is 2. The highest BCUT2D eigenvalue weighted by Crippen LogP contribution is 2.25. The molecule has 2 heteroatoms. The summed E-state index contributed by atoms with van der Waals surface area (Å²) in [5.74, 6) is 0. The lowest BCUT2D eigenvalue weighted by atomic mass is 10.1. The molecule has 1 nitrogen and oxygen atoms in total. The van der Waals surface area contributed by atoms with E-state index in [2.05, 4.69) is 56.0 Å². The Balaban J connectivity index is 1.87. The van der Waals surface area contributed by atoms with Crippen molar-refractivity contribution in [3.8, 4) is 0 Å². The quantitative estimate of drug-likeness (QED) is 0.640. The van der Waals surface area contributed by atoms with Crippen LogP contribution in [0.5, 0.6) is 0 Å². The fourth-order valence-electron chi connectivity index (χ4n) is 2.24. The maximum atomic E-state index is 4.71. The molecule has 0 atom stereocenters. The number of nitrogens with zero attached hydrogens (tertiary/aromatic N) is 1. The molecule has 0 radical (unpaired) electrons. The molecule has 1 aromatic heterocycles. The first kappa shape index (κ1) is 13.1. The number of rotatable bonds is 3. The van der Waals surface area contributed by atoms with Gasteiger partial charge in [-0.1, -0.05) is 42.5 Å². The van der Waals surface area contributed by atoms with Gasteiger partial charge < -0.3 is 0 Å². The van der Waals surface area contributed by atoms with Gasteiger partial charge in [0.1, 0.15) is 0 Å². The molecule has 0 aliphatic rings. The summed E-state index contributed by atoms with van der Waals surface area (Å²) in [6.07, 6.45) is 0.898. The van der Waals surface area contributed by atoms with Crippen LogP contribution in [-0.4, -0.2) is 4.98 Å². The number of hydrogen-bond donors (Lipinski definition) is 0. The molecular weight excluding hydrogens is 262 g/mol. The van der Waals surface area contributed by atoms with E-state index in [9.17, 15) is 0 Å². The standard InChI is InChI=1S/C18H17NS/c1-12(2)15-7-5-14(6-8-15)11-18-19-16-9-4-13(3)10-17(16)20-18/h4-10H,1,11H2,2-3H3. The highest BCUT2D eigenvalue weighted by molar-refractivity contribution is 7.18. The molecule has 20 heavy (non-hydrogen) atoms. The van der Waals surface area contributed by atoms with Crippen LogP contribution in [0.25, 0.3) is 15.8 Å². The molecule has 0 unspecified atom stereocenters. The lowest BCUT2D eigenvalue weighted by Gasteiger charge is -2.01. The van der Waals surface area contributed by atoms with Crippen LogP contribution in [-0.2, 0) is 6.42 Å². The lowest BCUT2D eigenvalue weighted by molar-refractivity contribution is 1.15. The second-order valence-electron chi connectivity index (χ2n) is 5.23. The van der Waals surface area contributed by atoms with E-state index in [1.54, 1.807) is 11.3 Å². The largest absolute Gasteiger partial charge is 0.241 e. The van der Waals surface area contributed by atoms with Gasteiger partial charge in [-0.2, -0.15) is 0 Å². The van der Waals surface area contributed by atoms with Gasteiger partial charge in [0.05, 0.1) is 15.2 Å². The summed E-state index contributed by atoms with van der Waals surface area (Å²) >= 11 is 1.79.